The van der Waals surface area contributed by atoms with Crippen LogP contribution in [0.3, 0.4) is 0 Å². The number of rotatable bonds is 6. The van der Waals surface area contributed by atoms with E-state index < -0.39 is 0 Å². The molecule has 0 saturated heterocycles. The van der Waals surface area contributed by atoms with Crippen LogP contribution in [0.25, 0.3) is 6.08 Å². The molecule has 0 aromatic heterocycles. The molecular weight excluding hydrogens is 307 g/mol. The monoisotopic (exact) mass is 328 g/mol. The first kappa shape index (κ1) is 14.8. The molecule has 0 fully saturated rings. The summed E-state index contributed by atoms with van der Waals surface area (Å²) in [4.78, 5) is 0. The van der Waals surface area contributed by atoms with Gasteiger partial charge in [0.05, 0.1) is 0 Å². The summed E-state index contributed by atoms with van der Waals surface area (Å²) < 4.78 is 2.88. The van der Waals surface area contributed by atoms with Gasteiger partial charge in [0.1, 0.15) is 0 Å². The third kappa shape index (κ3) is 5.20. The number of unbranched alkanes of at least 4 members (excludes halogenated alkanes) is 1. The summed E-state index contributed by atoms with van der Waals surface area (Å²) in [5.41, 5.74) is 1.26. The second kappa shape index (κ2) is 8.58. The molecule has 0 nitrogen and oxygen atoms in total. The molecule has 0 aliphatic carbocycles. The van der Waals surface area contributed by atoms with Gasteiger partial charge in [-0.2, -0.15) is 0 Å². The second-order valence-electron chi connectivity index (χ2n) is 4.55. The van der Waals surface area contributed by atoms with Crippen LogP contribution in [0.1, 0.15) is 25.3 Å². The Labute approximate surface area is 128 Å². The van der Waals surface area contributed by atoms with Gasteiger partial charge in [-0.1, -0.05) is 0 Å². The van der Waals surface area contributed by atoms with E-state index >= 15 is 0 Å². The molecule has 0 aliphatic heterocycles. The van der Waals surface area contributed by atoms with Gasteiger partial charge in [-0.25, -0.2) is 0 Å². The Hall–Kier alpha value is -1.56. The van der Waals surface area contributed by atoms with E-state index in [0.717, 1.165) is 6.42 Å². The van der Waals surface area contributed by atoms with Gasteiger partial charge < -0.3 is 0 Å². The van der Waals surface area contributed by atoms with E-state index in [0.29, 0.717) is 15.0 Å². The zero-order valence-electron chi connectivity index (χ0n) is 11.8. The summed E-state index contributed by atoms with van der Waals surface area (Å²) in [6.45, 7) is 2.23. The first-order valence-corrected chi connectivity index (χ1v) is 8.76. The van der Waals surface area contributed by atoms with Crippen molar-refractivity contribution in [2.75, 3.05) is 0 Å². The maximum absolute atomic E-state index is 2.38. The minimum absolute atomic E-state index is 0.391. The van der Waals surface area contributed by atoms with Crippen LogP contribution in [0.4, 0.5) is 0 Å². The molecule has 0 amide bonds. The summed E-state index contributed by atoms with van der Waals surface area (Å²) in [6.07, 6.45) is 9.23. The first-order valence-electron chi connectivity index (χ1n) is 7.04. The predicted octanol–water partition coefficient (Wildman–Crippen LogP) is 4.41. The quantitative estimate of drug-likeness (QED) is 0.544. The van der Waals surface area contributed by atoms with Gasteiger partial charge in [0.15, 0.2) is 0 Å². The van der Waals surface area contributed by atoms with Crippen LogP contribution in [0.2, 0.25) is 0 Å². The second-order valence-corrected chi connectivity index (χ2v) is 6.96. The van der Waals surface area contributed by atoms with Gasteiger partial charge in [0.2, 0.25) is 0 Å². The van der Waals surface area contributed by atoms with E-state index in [2.05, 4.69) is 85.8 Å². The standard InChI is InChI=1S/C19H20Se/c1-2-3-12-19(20-18-13-8-5-9-14-18)16-15-17-10-6-4-7-11-17/h4-16H,2-3H2,1H3/b16-15+,19-12-. The van der Waals surface area contributed by atoms with Gasteiger partial charge in [-0.05, 0) is 0 Å². The van der Waals surface area contributed by atoms with Crippen molar-refractivity contribution in [2.24, 2.45) is 0 Å². The molecule has 1 heteroatoms. The van der Waals surface area contributed by atoms with Crippen molar-refractivity contribution in [1.29, 1.82) is 0 Å². The van der Waals surface area contributed by atoms with E-state index in [1.165, 1.54) is 20.9 Å². The molecule has 0 heterocycles. The van der Waals surface area contributed by atoms with Crippen LogP contribution in [-0.4, -0.2) is 15.0 Å². The molecule has 2 aromatic carbocycles. The molecule has 2 rings (SSSR count). The molecule has 0 unspecified atom stereocenters. The van der Waals surface area contributed by atoms with Crippen molar-refractivity contribution in [1.82, 2.24) is 0 Å². The van der Waals surface area contributed by atoms with E-state index in [1.807, 2.05) is 0 Å². The molecule has 0 saturated carbocycles. The van der Waals surface area contributed by atoms with Crippen LogP contribution in [0.5, 0.6) is 0 Å². The van der Waals surface area contributed by atoms with Crippen molar-refractivity contribution in [3.63, 3.8) is 0 Å². The Morgan fingerprint density at radius 2 is 1.60 bits per heavy atom. The van der Waals surface area contributed by atoms with Crippen molar-refractivity contribution >= 4 is 25.5 Å². The summed E-state index contributed by atoms with van der Waals surface area (Å²) in [7, 11) is 0. The molecule has 0 radical (unpaired) electrons. The maximum atomic E-state index is 2.38. The van der Waals surface area contributed by atoms with Gasteiger partial charge >= 0.3 is 128 Å². The molecular formula is C19H20Se. The number of allylic oxidation sites excluding steroid dienone is 3. The third-order valence-corrected chi connectivity index (χ3v) is 5.05. The van der Waals surface area contributed by atoms with Crippen molar-refractivity contribution < 1.29 is 0 Å². The normalized spacial score (nSPS) is 11.9. The van der Waals surface area contributed by atoms with Gasteiger partial charge in [0.25, 0.3) is 0 Å². The van der Waals surface area contributed by atoms with E-state index in [9.17, 15) is 0 Å². The summed E-state index contributed by atoms with van der Waals surface area (Å²) in [5.74, 6) is 0. The topological polar surface area (TPSA) is 0 Å². The zero-order chi connectivity index (χ0) is 14.0. The van der Waals surface area contributed by atoms with Crippen LogP contribution in [0.15, 0.2) is 77.3 Å². The first-order chi connectivity index (χ1) is 9.88. The Morgan fingerprint density at radius 3 is 2.25 bits per heavy atom. The summed E-state index contributed by atoms with van der Waals surface area (Å²) in [6, 6.07) is 21.3. The SMILES string of the molecule is CCC/C=C(/C=C/c1ccccc1)[Se]c1ccccc1. The Balaban J connectivity index is 2.10. The van der Waals surface area contributed by atoms with E-state index in [4.69, 9.17) is 0 Å². The fourth-order valence-electron chi connectivity index (χ4n) is 1.80. The summed E-state index contributed by atoms with van der Waals surface area (Å²) in [5, 5.41) is 0. The third-order valence-electron chi connectivity index (χ3n) is 2.85. The minimum atomic E-state index is 0.391. The Kier molecular flexibility index (Phi) is 6.37. The Bertz CT molecular complexity index is 553. The average Bonchev–Trinajstić information content (AvgIpc) is 2.52. The van der Waals surface area contributed by atoms with E-state index in [-0.39, 0.29) is 0 Å². The van der Waals surface area contributed by atoms with Crippen molar-refractivity contribution in [2.45, 2.75) is 19.8 Å². The van der Waals surface area contributed by atoms with Crippen LogP contribution in [0, 0.1) is 0 Å². The molecule has 20 heavy (non-hydrogen) atoms. The van der Waals surface area contributed by atoms with Crippen molar-refractivity contribution in [3.8, 4) is 0 Å². The number of benzene rings is 2. The van der Waals surface area contributed by atoms with Gasteiger partial charge in [-0.3, -0.25) is 0 Å². The molecule has 2 aromatic rings. The zero-order valence-corrected chi connectivity index (χ0v) is 13.5. The molecule has 0 atom stereocenters. The molecule has 0 aliphatic rings. The summed E-state index contributed by atoms with van der Waals surface area (Å²) >= 11 is 0.391. The van der Waals surface area contributed by atoms with Crippen LogP contribution >= 0.6 is 0 Å². The van der Waals surface area contributed by atoms with Crippen molar-refractivity contribution in [3.05, 3.63) is 82.9 Å². The molecule has 0 bridgehead atoms. The fraction of sp³-hybridized carbons (Fsp3) is 0.158. The molecule has 0 spiro atoms. The van der Waals surface area contributed by atoms with Crippen LogP contribution < -0.4 is 4.46 Å². The molecule has 0 N–H and O–H groups in total. The Morgan fingerprint density at radius 1 is 0.950 bits per heavy atom. The fourth-order valence-corrected chi connectivity index (χ4v) is 3.69. The average molecular weight is 327 g/mol. The van der Waals surface area contributed by atoms with Gasteiger partial charge in [0, 0.05) is 0 Å². The molecule has 102 valence electrons. The number of hydrogen-bond donors (Lipinski definition) is 0. The number of hydrogen-bond acceptors (Lipinski definition) is 0. The van der Waals surface area contributed by atoms with E-state index in [1.54, 1.807) is 0 Å². The predicted molar refractivity (Wildman–Crippen MR) is 90.3 cm³/mol. The van der Waals surface area contributed by atoms with Gasteiger partial charge in [-0.15, -0.1) is 0 Å². The van der Waals surface area contributed by atoms with Crippen LogP contribution in [-0.2, 0) is 0 Å².